The third-order valence-corrected chi connectivity index (χ3v) is 4.14. The molecule has 4 rings (SSSR count). The van der Waals surface area contributed by atoms with Crippen LogP contribution in [0.5, 0.6) is 0 Å². The Labute approximate surface area is 144 Å². The molecule has 120 valence electrons. The molecule has 1 amide bonds. The molecule has 4 aromatic rings. The Morgan fingerprint density at radius 1 is 1.08 bits per heavy atom. The molecular weight excluding hydrogens is 312 g/mol. The molecule has 0 saturated carbocycles. The lowest BCUT2D eigenvalue weighted by Crippen LogP contribution is -2.18. The summed E-state index contributed by atoms with van der Waals surface area (Å²) in [6.07, 6.45) is 1.59. The van der Waals surface area contributed by atoms with Crippen LogP contribution in [0.15, 0.2) is 67.0 Å². The summed E-state index contributed by atoms with van der Waals surface area (Å²) in [7, 11) is 0. The standard InChI is InChI=1S/C20H14N4O/c21-11-15-7-4-10-18-20(15)24(13-22-18)12-19(25)23-17-9-3-6-14-5-1-2-8-16(14)17/h1-10,13H,12H2,(H,23,25). The van der Waals surface area contributed by atoms with E-state index in [9.17, 15) is 10.1 Å². The molecule has 1 N–H and O–H groups in total. The number of anilines is 1. The van der Waals surface area contributed by atoms with Gasteiger partial charge in [0.25, 0.3) is 0 Å². The van der Waals surface area contributed by atoms with E-state index in [1.165, 1.54) is 0 Å². The SMILES string of the molecule is N#Cc1cccc2ncn(CC(=O)Nc3cccc4ccccc34)c12. The number of carbonyl (C=O) groups is 1. The number of nitriles is 1. The number of nitrogens with one attached hydrogen (secondary N) is 1. The van der Waals surface area contributed by atoms with Crippen molar-refractivity contribution in [1.82, 2.24) is 9.55 Å². The van der Waals surface area contributed by atoms with Crippen LogP contribution in [0.2, 0.25) is 0 Å². The molecule has 5 heteroatoms. The van der Waals surface area contributed by atoms with Crippen LogP contribution in [-0.4, -0.2) is 15.5 Å². The van der Waals surface area contributed by atoms with Crippen molar-refractivity contribution in [3.8, 4) is 6.07 Å². The fraction of sp³-hybridized carbons (Fsp3) is 0.0500. The van der Waals surface area contributed by atoms with Gasteiger partial charge in [-0.3, -0.25) is 4.79 Å². The molecule has 0 spiro atoms. The fourth-order valence-electron chi connectivity index (χ4n) is 3.02. The number of benzene rings is 3. The largest absolute Gasteiger partial charge is 0.324 e. The number of hydrogen-bond acceptors (Lipinski definition) is 3. The van der Waals surface area contributed by atoms with Crippen LogP contribution in [0.1, 0.15) is 5.56 Å². The molecule has 0 atom stereocenters. The van der Waals surface area contributed by atoms with E-state index in [4.69, 9.17) is 0 Å². The molecule has 3 aromatic carbocycles. The predicted molar refractivity (Wildman–Crippen MR) is 97.0 cm³/mol. The van der Waals surface area contributed by atoms with Gasteiger partial charge in [-0.25, -0.2) is 4.98 Å². The van der Waals surface area contributed by atoms with Gasteiger partial charge in [-0.2, -0.15) is 5.26 Å². The van der Waals surface area contributed by atoms with E-state index in [0.717, 1.165) is 16.5 Å². The summed E-state index contributed by atoms with van der Waals surface area (Å²) in [4.78, 5) is 16.8. The molecule has 0 fully saturated rings. The molecule has 25 heavy (non-hydrogen) atoms. The van der Waals surface area contributed by atoms with Gasteiger partial charge in [-0.15, -0.1) is 0 Å². The first-order valence-corrected chi connectivity index (χ1v) is 7.88. The minimum Gasteiger partial charge on any atom is -0.324 e. The minimum atomic E-state index is -0.164. The first-order chi connectivity index (χ1) is 12.3. The van der Waals surface area contributed by atoms with Crippen LogP contribution in [0.25, 0.3) is 21.8 Å². The number of para-hydroxylation sites is 1. The van der Waals surface area contributed by atoms with Gasteiger partial charge < -0.3 is 9.88 Å². The number of nitrogens with zero attached hydrogens (tertiary/aromatic N) is 3. The van der Waals surface area contributed by atoms with E-state index >= 15 is 0 Å². The predicted octanol–water partition coefficient (Wildman–Crippen LogP) is 3.70. The maximum Gasteiger partial charge on any atom is 0.244 e. The molecule has 0 aliphatic carbocycles. The normalized spacial score (nSPS) is 10.7. The molecule has 0 aliphatic heterocycles. The van der Waals surface area contributed by atoms with Gasteiger partial charge in [-0.1, -0.05) is 42.5 Å². The lowest BCUT2D eigenvalue weighted by atomic mass is 10.1. The molecule has 5 nitrogen and oxygen atoms in total. The van der Waals surface area contributed by atoms with Gasteiger partial charge in [0, 0.05) is 11.1 Å². The Balaban J connectivity index is 1.64. The van der Waals surface area contributed by atoms with Gasteiger partial charge in [0.05, 0.1) is 22.9 Å². The van der Waals surface area contributed by atoms with Crippen molar-refractivity contribution in [2.24, 2.45) is 0 Å². The maximum absolute atomic E-state index is 12.5. The molecule has 0 bridgehead atoms. The molecule has 0 unspecified atom stereocenters. The van der Waals surface area contributed by atoms with Crippen LogP contribution in [0.4, 0.5) is 5.69 Å². The number of amides is 1. The van der Waals surface area contributed by atoms with Crippen molar-refractivity contribution in [3.05, 3.63) is 72.6 Å². The van der Waals surface area contributed by atoms with Crippen molar-refractivity contribution >= 4 is 33.4 Å². The molecule has 0 radical (unpaired) electrons. The quantitative estimate of drug-likeness (QED) is 0.624. The summed E-state index contributed by atoms with van der Waals surface area (Å²) in [6, 6.07) is 21.2. The number of hydrogen-bond donors (Lipinski definition) is 1. The van der Waals surface area contributed by atoms with Crippen LogP contribution in [0.3, 0.4) is 0 Å². The Bertz CT molecular complexity index is 1130. The monoisotopic (exact) mass is 326 g/mol. The van der Waals surface area contributed by atoms with Crippen molar-refractivity contribution in [2.45, 2.75) is 6.54 Å². The highest BCUT2D eigenvalue weighted by atomic mass is 16.1. The second-order valence-electron chi connectivity index (χ2n) is 5.73. The number of carbonyl (C=O) groups excluding carboxylic acids is 1. The summed E-state index contributed by atoms with van der Waals surface area (Å²) < 4.78 is 1.70. The average Bonchev–Trinajstić information content (AvgIpc) is 3.05. The first-order valence-electron chi connectivity index (χ1n) is 7.88. The second kappa shape index (κ2) is 6.10. The topological polar surface area (TPSA) is 70.7 Å². The second-order valence-corrected chi connectivity index (χ2v) is 5.73. The zero-order valence-electron chi connectivity index (χ0n) is 13.3. The number of imidazole rings is 1. The van der Waals surface area contributed by atoms with Gasteiger partial charge >= 0.3 is 0 Å². The van der Waals surface area contributed by atoms with Crippen LogP contribution < -0.4 is 5.32 Å². The lowest BCUT2D eigenvalue weighted by molar-refractivity contribution is -0.116. The van der Waals surface area contributed by atoms with Crippen molar-refractivity contribution in [2.75, 3.05) is 5.32 Å². The zero-order valence-corrected chi connectivity index (χ0v) is 13.3. The number of fused-ring (bicyclic) bond motifs is 2. The number of rotatable bonds is 3. The summed E-state index contributed by atoms with van der Waals surface area (Å²) in [5.41, 5.74) is 2.66. The Morgan fingerprint density at radius 3 is 2.76 bits per heavy atom. The molecular formula is C20H14N4O. The van der Waals surface area contributed by atoms with E-state index in [2.05, 4.69) is 16.4 Å². The Hall–Kier alpha value is -3.65. The highest BCUT2D eigenvalue weighted by Crippen LogP contribution is 2.23. The van der Waals surface area contributed by atoms with E-state index < -0.39 is 0 Å². The smallest absolute Gasteiger partial charge is 0.244 e. The van der Waals surface area contributed by atoms with Crippen LogP contribution in [0, 0.1) is 11.3 Å². The van der Waals surface area contributed by atoms with Gasteiger partial charge in [0.2, 0.25) is 5.91 Å². The van der Waals surface area contributed by atoms with E-state index in [0.29, 0.717) is 16.6 Å². The number of aromatic nitrogens is 2. The van der Waals surface area contributed by atoms with Crippen LogP contribution >= 0.6 is 0 Å². The van der Waals surface area contributed by atoms with Crippen molar-refractivity contribution in [1.29, 1.82) is 5.26 Å². The highest BCUT2D eigenvalue weighted by molar-refractivity contribution is 6.02. The Morgan fingerprint density at radius 2 is 1.88 bits per heavy atom. The van der Waals surface area contributed by atoms with Gasteiger partial charge in [-0.05, 0) is 23.6 Å². The summed E-state index contributed by atoms with van der Waals surface area (Å²) >= 11 is 0. The van der Waals surface area contributed by atoms with Crippen LogP contribution in [-0.2, 0) is 11.3 Å². The summed E-state index contributed by atoms with van der Waals surface area (Å²) in [5.74, 6) is -0.164. The van der Waals surface area contributed by atoms with Crippen molar-refractivity contribution < 1.29 is 4.79 Å². The molecule has 1 aromatic heterocycles. The molecule has 0 saturated heterocycles. The van der Waals surface area contributed by atoms with Crippen molar-refractivity contribution in [3.63, 3.8) is 0 Å². The molecule has 1 heterocycles. The fourth-order valence-corrected chi connectivity index (χ4v) is 3.02. The summed E-state index contributed by atoms with van der Waals surface area (Å²) in [5, 5.41) is 14.3. The van der Waals surface area contributed by atoms with Gasteiger partial charge in [0.15, 0.2) is 0 Å². The third kappa shape index (κ3) is 2.70. The van der Waals surface area contributed by atoms with Gasteiger partial charge in [0.1, 0.15) is 12.6 Å². The maximum atomic E-state index is 12.5. The lowest BCUT2D eigenvalue weighted by Gasteiger charge is -2.10. The minimum absolute atomic E-state index is 0.0956. The van der Waals surface area contributed by atoms with E-state index in [1.807, 2.05) is 48.5 Å². The van der Waals surface area contributed by atoms with E-state index in [-0.39, 0.29) is 12.5 Å². The average molecular weight is 326 g/mol. The summed E-state index contributed by atoms with van der Waals surface area (Å²) in [6.45, 7) is 0.0956. The molecule has 0 aliphatic rings. The van der Waals surface area contributed by atoms with E-state index in [1.54, 1.807) is 23.0 Å². The first kappa shape index (κ1) is 14.9. The zero-order chi connectivity index (χ0) is 17.2. The highest BCUT2D eigenvalue weighted by Gasteiger charge is 2.11. The Kier molecular flexibility index (Phi) is 3.64. The third-order valence-electron chi connectivity index (χ3n) is 4.14.